The number of hydrogen-bond donors (Lipinski definition) is 2. The lowest BCUT2D eigenvalue weighted by Gasteiger charge is -2.19. The number of amides is 1. The summed E-state index contributed by atoms with van der Waals surface area (Å²) in [5.74, 6) is -0.549. The summed E-state index contributed by atoms with van der Waals surface area (Å²) in [7, 11) is 1.29. The molecule has 0 spiro atoms. The van der Waals surface area contributed by atoms with Crippen LogP contribution in [0.15, 0.2) is 12.3 Å². The number of esters is 1. The van der Waals surface area contributed by atoms with E-state index in [1.807, 2.05) is 4.90 Å². The van der Waals surface area contributed by atoms with E-state index in [-0.39, 0.29) is 23.1 Å². The summed E-state index contributed by atoms with van der Waals surface area (Å²) >= 11 is 0. The number of anilines is 2. The molecule has 0 radical (unpaired) electrons. The van der Waals surface area contributed by atoms with Gasteiger partial charge >= 0.3 is 5.97 Å². The second-order valence-corrected chi connectivity index (χ2v) is 4.42. The van der Waals surface area contributed by atoms with E-state index < -0.39 is 5.97 Å². The Morgan fingerprint density at radius 1 is 1.53 bits per heavy atom. The molecule has 4 N–H and O–H groups in total. The third-order valence-electron chi connectivity index (χ3n) is 3.26. The van der Waals surface area contributed by atoms with Crippen LogP contribution in [-0.2, 0) is 9.53 Å². The minimum absolute atomic E-state index is 0.206. The topological polar surface area (TPSA) is 112 Å². The van der Waals surface area contributed by atoms with E-state index in [2.05, 4.69) is 9.72 Å². The number of nitrogens with two attached hydrogens (primary N) is 2. The molecule has 0 aromatic carbocycles. The molecule has 102 valence electrons. The molecule has 7 heteroatoms. The van der Waals surface area contributed by atoms with Gasteiger partial charge in [0.15, 0.2) is 5.82 Å². The Labute approximate surface area is 110 Å². The predicted molar refractivity (Wildman–Crippen MR) is 69.5 cm³/mol. The average Bonchev–Trinajstić information content (AvgIpc) is 2.87. The largest absolute Gasteiger partial charge is 0.465 e. The smallest absolute Gasteiger partial charge is 0.340 e. The van der Waals surface area contributed by atoms with E-state index in [1.165, 1.54) is 19.4 Å². The highest BCUT2D eigenvalue weighted by Gasteiger charge is 2.29. The van der Waals surface area contributed by atoms with Gasteiger partial charge in [-0.3, -0.25) is 4.79 Å². The van der Waals surface area contributed by atoms with Crippen molar-refractivity contribution in [2.24, 2.45) is 11.7 Å². The second-order valence-electron chi connectivity index (χ2n) is 4.42. The highest BCUT2D eigenvalue weighted by molar-refractivity contribution is 5.97. The number of carbonyl (C=O) groups is 2. The van der Waals surface area contributed by atoms with E-state index in [9.17, 15) is 9.59 Å². The molecule has 1 atom stereocenters. The van der Waals surface area contributed by atoms with Crippen molar-refractivity contribution in [2.75, 3.05) is 30.8 Å². The quantitative estimate of drug-likeness (QED) is 0.729. The molecule has 1 aromatic rings. The van der Waals surface area contributed by atoms with Gasteiger partial charge in [0, 0.05) is 19.3 Å². The van der Waals surface area contributed by atoms with E-state index in [0.717, 1.165) is 0 Å². The lowest BCUT2D eigenvalue weighted by Crippen LogP contribution is -2.28. The summed E-state index contributed by atoms with van der Waals surface area (Å²) < 4.78 is 4.65. The number of ether oxygens (including phenoxy) is 1. The standard InChI is InChI=1S/C12H16N4O3/c1-19-12(18)8-2-4-15-11(9(8)13)16-5-3-7(6-16)10(14)17/h2,4,7H,3,5-6,13H2,1H3,(H2,14,17). The first kappa shape index (κ1) is 13.1. The Morgan fingerprint density at radius 2 is 2.26 bits per heavy atom. The molecule has 2 rings (SSSR count). The van der Waals surface area contributed by atoms with E-state index in [4.69, 9.17) is 11.5 Å². The summed E-state index contributed by atoms with van der Waals surface area (Å²) in [4.78, 5) is 28.7. The van der Waals surface area contributed by atoms with Gasteiger partial charge in [-0.1, -0.05) is 0 Å². The summed E-state index contributed by atoms with van der Waals surface area (Å²) in [6.45, 7) is 1.10. The third kappa shape index (κ3) is 2.44. The molecule has 0 bridgehead atoms. The van der Waals surface area contributed by atoms with Gasteiger partial charge in [0.05, 0.1) is 24.3 Å². The Hall–Kier alpha value is -2.31. The second kappa shape index (κ2) is 5.13. The van der Waals surface area contributed by atoms with E-state index in [0.29, 0.717) is 25.3 Å². The molecule has 1 aliphatic rings. The fourth-order valence-electron chi connectivity index (χ4n) is 2.19. The minimum atomic E-state index is -0.508. The van der Waals surface area contributed by atoms with Crippen LogP contribution in [0.25, 0.3) is 0 Å². The van der Waals surface area contributed by atoms with Crippen LogP contribution >= 0.6 is 0 Å². The van der Waals surface area contributed by atoms with Crippen molar-refractivity contribution in [1.29, 1.82) is 0 Å². The lowest BCUT2D eigenvalue weighted by atomic mass is 10.1. The molecule has 7 nitrogen and oxygen atoms in total. The predicted octanol–water partition coefficient (Wildman–Crippen LogP) is -0.238. The van der Waals surface area contributed by atoms with Crippen LogP contribution < -0.4 is 16.4 Å². The monoisotopic (exact) mass is 264 g/mol. The number of carbonyl (C=O) groups excluding carboxylic acids is 2. The molecular weight excluding hydrogens is 248 g/mol. The number of pyridine rings is 1. The van der Waals surface area contributed by atoms with Crippen LogP contribution in [-0.4, -0.2) is 37.1 Å². The first-order valence-electron chi connectivity index (χ1n) is 5.91. The maximum absolute atomic E-state index is 11.6. The van der Waals surface area contributed by atoms with Gasteiger partial charge in [0.2, 0.25) is 5.91 Å². The number of nitrogen functional groups attached to an aromatic ring is 1. The van der Waals surface area contributed by atoms with Gasteiger partial charge < -0.3 is 21.1 Å². The van der Waals surface area contributed by atoms with Crippen molar-refractivity contribution in [3.63, 3.8) is 0 Å². The molecular formula is C12H16N4O3. The number of hydrogen-bond acceptors (Lipinski definition) is 6. The van der Waals surface area contributed by atoms with Crippen molar-refractivity contribution >= 4 is 23.4 Å². The molecule has 19 heavy (non-hydrogen) atoms. The molecule has 0 saturated carbocycles. The number of methoxy groups -OCH3 is 1. The summed E-state index contributed by atoms with van der Waals surface area (Å²) in [6, 6.07) is 1.51. The van der Waals surface area contributed by atoms with Crippen molar-refractivity contribution in [1.82, 2.24) is 4.98 Å². The number of nitrogens with zero attached hydrogens (tertiary/aromatic N) is 2. The Morgan fingerprint density at radius 3 is 2.84 bits per heavy atom. The zero-order chi connectivity index (χ0) is 14.0. The molecule has 1 unspecified atom stereocenters. The SMILES string of the molecule is COC(=O)c1ccnc(N2CCC(C(N)=O)C2)c1N. The average molecular weight is 264 g/mol. The van der Waals surface area contributed by atoms with Crippen molar-refractivity contribution in [3.8, 4) is 0 Å². The summed E-state index contributed by atoms with van der Waals surface area (Å²) in [5.41, 5.74) is 11.8. The zero-order valence-corrected chi connectivity index (χ0v) is 10.6. The van der Waals surface area contributed by atoms with E-state index >= 15 is 0 Å². The molecule has 1 aromatic heterocycles. The highest BCUT2D eigenvalue weighted by atomic mass is 16.5. The summed E-state index contributed by atoms with van der Waals surface area (Å²) in [5, 5.41) is 0. The fourth-order valence-corrected chi connectivity index (χ4v) is 2.19. The van der Waals surface area contributed by atoms with Gasteiger partial charge in [-0.25, -0.2) is 9.78 Å². The van der Waals surface area contributed by atoms with Crippen LogP contribution in [0.3, 0.4) is 0 Å². The van der Waals surface area contributed by atoms with Crippen LogP contribution in [0.1, 0.15) is 16.8 Å². The summed E-state index contributed by atoms with van der Waals surface area (Å²) in [6.07, 6.45) is 2.16. The number of primary amides is 1. The molecule has 1 amide bonds. The van der Waals surface area contributed by atoms with Crippen LogP contribution in [0.2, 0.25) is 0 Å². The maximum Gasteiger partial charge on any atom is 0.340 e. The Bertz CT molecular complexity index is 518. The van der Waals surface area contributed by atoms with Crippen LogP contribution in [0.4, 0.5) is 11.5 Å². The first-order valence-corrected chi connectivity index (χ1v) is 5.91. The van der Waals surface area contributed by atoms with E-state index in [1.54, 1.807) is 0 Å². The Balaban J connectivity index is 2.27. The molecule has 2 heterocycles. The lowest BCUT2D eigenvalue weighted by molar-refractivity contribution is -0.121. The molecule has 1 aliphatic heterocycles. The van der Waals surface area contributed by atoms with Gasteiger partial charge in [-0.05, 0) is 12.5 Å². The number of rotatable bonds is 3. The molecule has 1 fully saturated rings. The van der Waals surface area contributed by atoms with Crippen molar-refractivity contribution in [2.45, 2.75) is 6.42 Å². The minimum Gasteiger partial charge on any atom is -0.465 e. The van der Waals surface area contributed by atoms with Gasteiger partial charge in [-0.15, -0.1) is 0 Å². The Kier molecular flexibility index (Phi) is 3.55. The normalized spacial score (nSPS) is 18.4. The molecule has 0 aliphatic carbocycles. The van der Waals surface area contributed by atoms with Gasteiger partial charge in [0.1, 0.15) is 0 Å². The zero-order valence-electron chi connectivity index (χ0n) is 10.6. The van der Waals surface area contributed by atoms with Gasteiger partial charge in [-0.2, -0.15) is 0 Å². The first-order chi connectivity index (χ1) is 9.04. The number of aromatic nitrogens is 1. The van der Waals surface area contributed by atoms with Crippen LogP contribution in [0, 0.1) is 5.92 Å². The van der Waals surface area contributed by atoms with Crippen molar-refractivity contribution < 1.29 is 14.3 Å². The maximum atomic E-state index is 11.6. The highest BCUT2D eigenvalue weighted by Crippen LogP contribution is 2.29. The van der Waals surface area contributed by atoms with Crippen LogP contribution in [0.5, 0.6) is 0 Å². The molecule has 1 saturated heterocycles. The van der Waals surface area contributed by atoms with Gasteiger partial charge in [0.25, 0.3) is 0 Å². The fraction of sp³-hybridized carbons (Fsp3) is 0.417. The third-order valence-corrected chi connectivity index (χ3v) is 3.26. The van der Waals surface area contributed by atoms with Crippen molar-refractivity contribution in [3.05, 3.63) is 17.8 Å².